The van der Waals surface area contributed by atoms with Gasteiger partial charge in [-0.25, -0.2) is 4.98 Å². The van der Waals surface area contributed by atoms with Crippen molar-refractivity contribution in [3.8, 4) is 11.5 Å². The minimum atomic E-state index is -0.198. The highest BCUT2D eigenvalue weighted by molar-refractivity contribution is 7.23. The van der Waals surface area contributed by atoms with Gasteiger partial charge in [-0.1, -0.05) is 36.3 Å². The van der Waals surface area contributed by atoms with Crippen molar-refractivity contribution in [3.63, 3.8) is 0 Å². The van der Waals surface area contributed by atoms with Gasteiger partial charge in [0.15, 0.2) is 5.13 Å². The smallest absolute Gasteiger partial charge is 0.260 e. The van der Waals surface area contributed by atoms with Crippen LogP contribution in [0.15, 0.2) is 59.2 Å². The van der Waals surface area contributed by atoms with Gasteiger partial charge in [0.05, 0.1) is 36.2 Å². The Hall–Kier alpha value is -3.03. The topological polar surface area (TPSA) is 64.8 Å². The lowest BCUT2D eigenvalue weighted by atomic mass is 10.2. The van der Waals surface area contributed by atoms with Crippen molar-refractivity contribution in [2.45, 2.75) is 26.3 Å². The number of methoxy groups -OCH3 is 1. The highest BCUT2D eigenvalue weighted by atomic mass is 35.5. The molecular formula is C24H23ClN2O4S. The quantitative estimate of drug-likeness (QED) is 0.258. The van der Waals surface area contributed by atoms with E-state index in [0.29, 0.717) is 39.4 Å². The number of halogens is 1. The van der Waals surface area contributed by atoms with E-state index in [-0.39, 0.29) is 12.5 Å². The van der Waals surface area contributed by atoms with Crippen LogP contribution in [0.25, 0.3) is 10.2 Å². The largest absolute Gasteiger partial charge is 0.494 e. The molecule has 0 radical (unpaired) electrons. The van der Waals surface area contributed by atoms with Crippen LogP contribution in [0.1, 0.15) is 35.9 Å². The molecule has 4 aromatic rings. The Morgan fingerprint density at radius 3 is 2.69 bits per heavy atom. The molecule has 0 aliphatic heterocycles. The third-order valence-corrected chi connectivity index (χ3v) is 6.44. The standard InChI is InChI=1S/C24H23ClN2O4S/c1-3-4-13-30-17-9-7-16(8-10-17)23(28)27(15-18-6-5-14-31-18)24-26-21-20(29-2)12-11-19(25)22(21)32-24/h5-12,14H,3-4,13,15H2,1-2H3. The molecule has 0 saturated heterocycles. The third-order valence-electron chi connectivity index (χ3n) is 4.91. The maximum Gasteiger partial charge on any atom is 0.260 e. The predicted octanol–water partition coefficient (Wildman–Crippen LogP) is 6.58. The van der Waals surface area contributed by atoms with Crippen LogP contribution in [0.5, 0.6) is 11.5 Å². The lowest BCUT2D eigenvalue weighted by molar-refractivity contribution is 0.0983. The molecule has 0 atom stereocenters. The molecule has 0 aliphatic carbocycles. The summed E-state index contributed by atoms with van der Waals surface area (Å²) in [6.07, 6.45) is 3.63. The molecule has 0 fully saturated rings. The van der Waals surface area contributed by atoms with Crippen molar-refractivity contribution < 1.29 is 18.7 Å². The second-order valence-corrected chi connectivity index (χ2v) is 8.51. The van der Waals surface area contributed by atoms with Gasteiger partial charge in [0.1, 0.15) is 22.8 Å². The van der Waals surface area contributed by atoms with Crippen molar-refractivity contribution >= 4 is 44.2 Å². The van der Waals surface area contributed by atoms with Crippen LogP contribution in [0, 0.1) is 0 Å². The average Bonchev–Trinajstić information content (AvgIpc) is 3.49. The number of nitrogens with zero attached hydrogens (tertiary/aromatic N) is 2. The first-order valence-electron chi connectivity index (χ1n) is 10.3. The summed E-state index contributed by atoms with van der Waals surface area (Å²) in [4.78, 5) is 19.8. The Balaban J connectivity index is 1.67. The summed E-state index contributed by atoms with van der Waals surface area (Å²) in [5.74, 6) is 1.79. The van der Waals surface area contributed by atoms with Crippen LogP contribution < -0.4 is 14.4 Å². The van der Waals surface area contributed by atoms with E-state index < -0.39 is 0 Å². The summed E-state index contributed by atoms with van der Waals surface area (Å²) in [6.45, 7) is 3.01. The van der Waals surface area contributed by atoms with E-state index in [4.69, 9.17) is 25.5 Å². The zero-order chi connectivity index (χ0) is 22.5. The highest BCUT2D eigenvalue weighted by Crippen LogP contribution is 2.39. The van der Waals surface area contributed by atoms with Crippen LogP contribution in [0.3, 0.4) is 0 Å². The van der Waals surface area contributed by atoms with Gasteiger partial charge in [0, 0.05) is 5.56 Å². The molecule has 2 aromatic heterocycles. The average molecular weight is 471 g/mol. The first-order chi connectivity index (χ1) is 15.6. The van der Waals surface area contributed by atoms with E-state index in [1.165, 1.54) is 11.3 Å². The highest BCUT2D eigenvalue weighted by Gasteiger charge is 2.24. The number of carbonyl (C=O) groups excluding carboxylic acids is 1. The molecule has 8 heteroatoms. The molecule has 0 N–H and O–H groups in total. The van der Waals surface area contributed by atoms with Gasteiger partial charge >= 0.3 is 0 Å². The van der Waals surface area contributed by atoms with Gasteiger partial charge in [-0.05, 0) is 55.0 Å². The summed E-state index contributed by atoms with van der Waals surface area (Å²) in [6, 6.07) is 14.3. The molecule has 0 aliphatic rings. The monoisotopic (exact) mass is 470 g/mol. The number of aromatic nitrogens is 1. The minimum absolute atomic E-state index is 0.198. The summed E-state index contributed by atoms with van der Waals surface area (Å²) in [5.41, 5.74) is 1.15. The van der Waals surface area contributed by atoms with Gasteiger partial charge in [-0.2, -0.15) is 0 Å². The van der Waals surface area contributed by atoms with Crippen LogP contribution in [0.4, 0.5) is 5.13 Å². The molecule has 4 rings (SSSR count). The Bertz CT molecular complexity index is 1190. The molecule has 0 bridgehead atoms. The number of amides is 1. The zero-order valence-corrected chi connectivity index (χ0v) is 19.4. The number of hydrogen-bond acceptors (Lipinski definition) is 6. The van der Waals surface area contributed by atoms with E-state index in [2.05, 4.69) is 11.9 Å². The molecule has 2 aromatic carbocycles. The van der Waals surface area contributed by atoms with Crippen molar-refractivity contribution in [2.75, 3.05) is 18.6 Å². The van der Waals surface area contributed by atoms with E-state index in [9.17, 15) is 4.79 Å². The fourth-order valence-electron chi connectivity index (χ4n) is 3.19. The lowest BCUT2D eigenvalue weighted by Crippen LogP contribution is -2.30. The molecule has 1 amide bonds. The molecule has 2 heterocycles. The second kappa shape index (κ2) is 10.1. The maximum absolute atomic E-state index is 13.5. The summed E-state index contributed by atoms with van der Waals surface area (Å²) < 4.78 is 17.4. The molecular weight excluding hydrogens is 448 g/mol. The fourth-order valence-corrected chi connectivity index (χ4v) is 4.44. The molecule has 0 saturated carbocycles. The number of thiazole rings is 1. The number of carbonyl (C=O) groups is 1. The number of benzene rings is 2. The summed E-state index contributed by atoms with van der Waals surface area (Å²) in [5, 5.41) is 1.07. The molecule has 0 unspecified atom stereocenters. The molecule has 6 nitrogen and oxygen atoms in total. The van der Waals surface area contributed by atoms with Gasteiger partial charge in [0.25, 0.3) is 5.91 Å². The van der Waals surface area contributed by atoms with Crippen molar-refractivity contribution in [3.05, 3.63) is 71.1 Å². The first kappa shape index (κ1) is 22.2. The zero-order valence-electron chi connectivity index (χ0n) is 17.8. The van der Waals surface area contributed by atoms with Gasteiger partial charge in [0.2, 0.25) is 0 Å². The predicted molar refractivity (Wildman–Crippen MR) is 127 cm³/mol. The van der Waals surface area contributed by atoms with Gasteiger partial charge < -0.3 is 13.9 Å². The number of anilines is 1. The number of furan rings is 1. The van der Waals surface area contributed by atoms with Gasteiger partial charge in [-0.3, -0.25) is 9.69 Å². The SMILES string of the molecule is CCCCOc1ccc(C(=O)N(Cc2ccco2)c2nc3c(OC)ccc(Cl)c3s2)cc1. The van der Waals surface area contributed by atoms with Crippen LogP contribution in [0.2, 0.25) is 5.02 Å². The number of fused-ring (bicyclic) bond motifs is 1. The summed E-state index contributed by atoms with van der Waals surface area (Å²) >= 11 is 7.73. The second-order valence-electron chi connectivity index (χ2n) is 7.12. The van der Waals surface area contributed by atoms with E-state index in [0.717, 1.165) is 23.3 Å². The Kier molecular flexibility index (Phi) is 6.97. The van der Waals surface area contributed by atoms with Crippen molar-refractivity contribution in [1.82, 2.24) is 4.98 Å². The van der Waals surface area contributed by atoms with Crippen LogP contribution >= 0.6 is 22.9 Å². The molecule has 0 spiro atoms. The Morgan fingerprint density at radius 1 is 1.19 bits per heavy atom. The third kappa shape index (κ3) is 4.74. The van der Waals surface area contributed by atoms with Gasteiger partial charge in [-0.15, -0.1) is 0 Å². The van der Waals surface area contributed by atoms with E-state index >= 15 is 0 Å². The number of rotatable bonds is 9. The van der Waals surface area contributed by atoms with E-state index in [1.807, 2.05) is 18.2 Å². The number of ether oxygens (including phenoxy) is 2. The minimum Gasteiger partial charge on any atom is -0.494 e. The molecule has 166 valence electrons. The van der Waals surface area contributed by atoms with E-state index in [1.54, 1.807) is 48.6 Å². The fraction of sp³-hybridized carbons (Fsp3) is 0.250. The maximum atomic E-state index is 13.5. The summed E-state index contributed by atoms with van der Waals surface area (Å²) in [7, 11) is 1.58. The van der Waals surface area contributed by atoms with Crippen molar-refractivity contribution in [1.29, 1.82) is 0 Å². The number of unbranched alkanes of at least 4 members (excludes halogenated alkanes) is 1. The number of hydrogen-bond donors (Lipinski definition) is 0. The first-order valence-corrected chi connectivity index (χ1v) is 11.5. The normalized spacial score (nSPS) is 11.0. The van der Waals surface area contributed by atoms with Crippen molar-refractivity contribution in [2.24, 2.45) is 0 Å². The van der Waals surface area contributed by atoms with Crippen LogP contribution in [-0.4, -0.2) is 24.6 Å². The Morgan fingerprint density at radius 2 is 2.00 bits per heavy atom. The Labute approximate surface area is 195 Å². The lowest BCUT2D eigenvalue weighted by Gasteiger charge is -2.19. The van der Waals surface area contributed by atoms with Crippen LogP contribution in [-0.2, 0) is 6.54 Å². The molecule has 32 heavy (non-hydrogen) atoms.